The molecule has 0 aromatic carbocycles. The molecule has 0 spiro atoms. The van der Waals surface area contributed by atoms with E-state index in [4.69, 9.17) is 9.16 Å². The molecule has 0 aromatic rings. The van der Waals surface area contributed by atoms with Crippen LogP contribution in [0.1, 0.15) is 47.5 Å². The van der Waals surface area contributed by atoms with Crippen LogP contribution in [0.4, 0.5) is 0 Å². The molecule has 0 bridgehead atoms. The molecule has 4 nitrogen and oxygen atoms in total. The minimum absolute atomic E-state index is 0.0743. The van der Waals surface area contributed by atoms with Gasteiger partial charge < -0.3 is 9.16 Å². The SMILES string of the molecule is CCOC(=O)CC(=O)CC(C)CO[Si](C)(C)C(C)(C)C. The Kier molecular flexibility index (Phi) is 7.66. The molecular formula is C15H30O4Si. The first-order valence-corrected chi connectivity index (χ1v) is 10.2. The fraction of sp³-hybridized carbons (Fsp3) is 0.867. The van der Waals surface area contributed by atoms with E-state index in [1.807, 2.05) is 6.92 Å². The molecule has 0 aromatic heterocycles. The predicted molar refractivity (Wildman–Crippen MR) is 83.2 cm³/mol. The van der Waals surface area contributed by atoms with Crippen LogP contribution in [0.15, 0.2) is 0 Å². The molecule has 0 N–H and O–H groups in total. The maximum Gasteiger partial charge on any atom is 0.313 e. The summed E-state index contributed by atoms with van der Waals surface area (Å²) in [5.41, 5.74) is 0. The summed E-state index contributed by atoms with van der Waals surface area (Å²) >= 11 is 0. The number of carbonyl (C=O) groups is 2. The van der Waals surface area contributed by atoms with Crippen molar-refractivity contribution >= 4 is 20.1 Å². The van der Waals surface area contributed by atoms with Gasteiger partial charge in [0.05, 0.1) is 6.61 Å². The van der Waals surface area contributed by atoms with Gasteiger partial charge in [0, 0.05) is 13.0 Å². The zero-order valence-electron chi connectivity index (χ0n) is 14.0. The highest BCUT2D eigenvalue weighted by molar-refractivity contribution is 6.74. The van der Waals surface area contributed by atoms with Crippen molar-refractivity contribution in [2.45, 2.75) is 65.6 Å². The molecule has 0 radical (unpaired) electrons. The van der Waals surface area contributed by atoms with Crippen LogP contribution >= 0.6 is 0 Å². The minimum atomic E-state index is -1.77. The summed E-state index contributed by atoms with van der Waals surface area (Å²) in [5, 5.41) is 0.168. The fourth-order valence-corrected chi connectivity index (χ4v) is 2.59. The van der Waals surface area contributed by atoms with Crippen molar-refractivity contribution in [2.24, 2.45) is 5.92 Å². The number of Topliss-reactive ketones (excluding diaryl/α,β-unsaturated/α-hetero) is 1. The third-order valence-corrected chi connectivity index (χ3v) is 8.26. The van der Waals surface area contributed by atoms with Gasteiger partial charge in [-0.05, 0) is 31.0 Å². The Balaban J connectivity index is 4.15. The van der Waals surface area contributed by atoms with E-state index in [0.29, 0.717) is 19.6 Å². The van der Waals surface area contributed by atoms with Gasteiger partial charge in [-0.2, -0.15) is 0 Å². The second kappa shape index (κ2) is 7.93. The third kappa shape index (κ3) is 7.19. The smallest absolute Gasteiger partial charge is 0.313 e. The number of hydrogen-bond acceptors (Lipinski definition) is 4. The predicted octanol–water partition coefficient (Wildman–Crippen LogP) is 3.56. The number of esters is 1. The van der Waals surface area contributed by atoms with E-state index in [1.165, 1.54) is 0 Å². The van der Waals surface area contributed by atoms with Crippen molar-refractivity contribution < 1.29 is 18.8 Å². The monoisotopic (exact) mass is 302 g/mol. The molecule has 1 atom stereocenters. The second-order valence-corrected chi connectivity index (χ2v) is 11.7. The molecule has 0 heterocycles. The molecule has 5 heteroatoms. The third-order valence-electron chi connectivity index (χ3n) is 3.76. The van der Waals surface area contributed by atoms with E-state index >= 15 is 0 Å². The van der Waals surface area contributed by atoms with Gasteiger partial charge in [0.2, 0.25) is 0 Å². The highest BCUT2D eigenvalue weighted by Gasteiger charge is 2.37. The Labute approximate surface area is 124 Å². The summed E-state index contributed by atoms with van der Waals surface area (Å²) in [7, 11) is -1.77. The number of hydrogen-bond donors (Lipinski definition) is 0. The molecular weight excluding hydrogens is 272 g/mol. The van der Waals surface area contributed by atoms with Gasteiger partial charge >= 0.3 is 5.97 Å². The van der Waals surface area contributed by atoms with Crippen molar-refractivity contribution in [2.75, 3.05) is 13.2 Å². The quantitative estimate of drug-likeness (QED) is 0.391. The van der Waals surface area contributed by atoms with E-state index in [-0.39, 0.29) is 23.2 Å². The van der Waals surface area contributed by atoms with Crippen LogP contribution in [0.3, 0.4) is 0 Å². The van der Waals surface area contributed by atoms with E-state index in [1.54, 1.807) is 6.92 Å². The lowest BCUT2D eigenvalue weighted by Gasteiger charge is -2.37. The van der Waals surface area contributed by atoms with Gasteiger partial charge in [0.15, 0.2) is 8.32 Å². The zero-order valence-corrected chi connectivity index (χ0v) is 15.0. The molecule has 118 valence electrons. The number of rotatable bonds is 8. The summed E-state index contributed by atoms with van der Waals surface area (Å²) in [6.07, 6.45) is 0.242. The highest BCUT2D eigenvalue weighted by atomic mass is 28.4. The van der Waals surface area contributed by atoms with Crippen LogP contribution in [-0.4, -0.2) is 33.3 Å². The van der Waals surface area contributed by atoms with Crippen molar-refractivity contribution in [3.63, 3.8) is 0 Å². The van der Waals surface area contributed by atoms with Crippen molar-refractivity contribution in [3.8, 4) is 0 Å². The molecule has 0 amide bonds. The van der Waals surface area contributed by atoms with E-state index in [0.717, 1.165) is 0 Å². The number of ether oxygens (including phenoxy) is 1. The molecule has 20 heavy (non-hydrogen) atoms. The lowest BCUT2D eigenvalue weighted by Crippen LogP contribution is -2.41. The van der Waals surface area contributed by atoms with Gasteiger partial charge in [0.1, 0.15) is 12.2 Å². The lowest BCUT2D eigenvalue weighted by atomic mass is 10.0. The van der Waals surface area contributed by atoms with Gasteiger partial charge in [-0.25, -0.2) is 0 Å². The van der Waals surface area contributed by atoms with E-state index in [9.17, 15) is 9.59 Å². The Morgan fingerprint density at radius 2 is 1.75 bits per heavy atom. The summed E-state index contributed by atoms with van der Waals surface area (Å²) in [4.78, 5) is 22.9. The fourth-order valence-electron chi connectivity index (χ4n) is 1.46. The highest BCUT2D eigenvalue weighted by Crippen LogP contribution is 2.36. The first-order valence-electron chi connectivity index (χ1n) is 7.31. The normalized spacial score (nSPS) is 13.9. The molecule has 0 aliphatic heterocycles. The molecule has 0 fully saturated rings. The Bertz CT molecular complexity index is 331. The van der Waals surface area contributed by atoms with Crippen LogP contribution < -0.4 is 0 Å². The largest absolute Gasteiger partial charge is 0.466 e. The minimum Gasteiger partial charge on any atom is -0.466 e. The summed E-state index contributed by atoms with van der Waals surface area (Å²) in [5.74, 6) is -0.379. The van der Waals surface area contributed by atoms with Gasteiger partial charge in [-0.15, -0.1) is 0 Å². The Morgan fingerprint density at radius 1 is 1.20 bits per heavy atom. The van der Waals surface area contributed by atoms with Crippen LogP contribution in [0.25, 0.3) is 0 Å². The molecule has 0 rings (SSSR count). The van der Waals surface area contributed by atoms with Crippen molar-refractivity contribution in [1.29, 1.82) is 0 Å². The standard InChI is InChI=1S/C15H30O4Si/c1-8-18-14(17)10-13(16)9-12(2)11-19-20(6,7)15(3,4)5/h12H,8-11H2,1-7H3. The number of ketones is 1. The lowest BCUT2D eigenvalue weighted by molar-refractivity contribution is -0.145. The molecule has 0 saturated heterocycles. The van der Waals surface area contributed by atoms with Crippen LogP contribution in [0.2, 0.25) is 18.1 Å². The van der Waals surface area contributed by atoms with Crippen molar-refractivity contribution in [1.82, 2.24) is 0 Å². The molecule has 0 aliphatic rings. The van der Waals surface area contributed by atoms with Gasteiger partial charge in [-0.1, -0.05) is 27.7 Å². The summed E-state index contributed by atoms with van der Waals surface area (Å²) in [6.45, 7) is 15.6. The average molecular weight is 302 g/mol. The Hall–Kier alpha value is -0.683. The first kappa shape index (κ1) is 19.3. The van der Waals surface area contributed by atoms with Crippen LogP contribution in [0.5, 0.6) is 0 Å². The van der Waals surface area contributed by atoms with Crippen LogP contribution in [-0.2, 0) is 18.8 Å². The average Bonchev–Trinajstić information content (AvgIpc) is 2.24. The first-order chi connectivity index (χ1) is 8.99. The van der Waals surface area contributed by atoms with E-state index in [2.05, 4.69) is 33.9 Å². The maximum atomic E-state index is 11.7. The molecule has 0 aliphatic carbocycles. The summed E-state index contributed by atoms with van der Waals surface area (Å²) < 4.78 is 10.8. The zero-order chi connectivity index (χ0) is 16.0. The number of carbonyl (C=O) groups excluding carboxylic acids is 2. The van der Waals surface area contributed by atoms with Crippen LogP contribution in [0, 0.1) is 5.92 Å². The summed E-state index contributed by atoms with van der Waals surface area (Å²) in [6, 6.07) is 0. The van der Waals surface area contributed by atoms with Gasteiger partial charge in [0.25, 0.3) is 0 Å². The van der Waals surface area contributed by atoms with Gasteiger partial charge in [-0.3, -0.25) is 9.59 Å². The van der Waals surface area contributed by atoms with Crippen molar-refractivity contribution in [3.05, 3.63) is 0 Å². The topological polar surface area (TPSA) is 52.6 Å². The van der Waals surface area contributed by atoms with E-state index < -0.39 is 14.3 Å². The Morgan fingerprint density at radius 3 is 2.20 bits per heavy atom. The molecule has 1 unspecified atom stereocenters. The second-order valence-electron chi connectivity index (χ2n) is 6.90. The maximum absolute atomic E-state index is 11.7. The molecule has 0 saturated carbocycles.